The minimum absolute atomic E-state index is 0.138. The smallest absolute Gasteiger partial charge is 0.410 e. The Bertz CT molecular complexity index is 1080. The van der Waals surface area contributed by atoms with Crippen molar-refractivity contribution in [3.8, 4) is 11.1 Å². The quantitative estimate of drug-likeness (QED) is 0.572. The fourth-order valence-electron chi connectivity index (χ4n) is 4.68. The lowest BCUT2D eigenvalue weighted by atomic mass is 9.77. The van der Waals surface area contributed by atoms with Crippen molar-refractivity contribution in [1.82, 2.24) is 4.90 Å². The number of hydrogen-bond acceptors (Lipinski definition) is 3. The van der Waals surface area contributed by atoms with Crippen LogP contribution in [0.15, 0.2) is 66.5 Å². The Kier molecular flexibility index (Phi) is 6.61. The zero-order valence-corrected chi connectivity index (χ0v) is 18.3. The van der Waals surface area contributed by atoms with Crippen LogP contribution in [0.5, 0.6) is 0 Å². The average Bonchev–Trinajstić information content (AvgIpc) is 2.79. The minimum Gasteiger partial charge on any atom is -0.442 e. The van der Waals surface area contributed by atoms with Crippen LogP contribution in [0.25, 0.3) is 11.1 Å². The van der Waals surface area contributed by atoms with E-state index in [1.807, 2.05) is 19.1 Å². The fraction of sp³-hybridized carbons (Fsp3) is 0.346. The molecular weight excluding hydrogens is 431 g/mol. The van der Waals surface area contributed by atoms with Crippen molar-refractivity contribution in [1.29, 1.82) is 0 Å². The standard InChI is InChI=1S/C26H26F3NO3/c1-17(18-2-4-19(5-3-18)23-11-10-22(28)16-24(23)29)30-14-12-26(13-15-31,33-25(30)32)20-6-8-21(27)9-7-20/h2-6,8-11,16-17,20,31H,7,12-15H2,1H3/t17-,20?,26-/m0/s1. The molecule has 174 valence electrons. The summed E-state index contributed by atoms with van der Waals surface area (Å²) in [6.45, 7) is 2.16. The van der Waals surface area contributed by atoms with Gasteiger partial charge >= 0.3 is 6.09 Å². The minimum atomic E-state index is -0.875. The summed E-state index contributed by atoms with van der Waals surface area (Å²) >= 11 is 0. The van der Waals surface area contributed by atoms with Gasteiger partial charge in [0.2, 0.25) is 0 Å². The van der Waals surface area contributed by atoms with E-state index in [0.29, 0.717) is 30.5 Å². The Morgan fingerprint density at radius 1 is 1.18 bits per heavy atom. The Morgan fingerprint density at radius 2 is 1.94 bits per heavy atom. The van der Waals surface area contributed by atoms with Crippen LogP contribution in [0.4, 0.5) is 18.0 Å². The van der Waals surface area contributed by atoms with Gasteiger partial charge in [0.25, 0.3) is 0 Å². The first-order valence-electron chi connectivity index (χ1n) is 11.0. The molecule has 1 heterocycles. The summed E-state index contributed by atoms with van der Waals surface area (Å²) < 4.78 is 46.6. The van der Waals surface area contributed by atoms with Crippen LogP contribution in [-0.2, 0) is 4.74 Å². The summed E-state index contributed by atoms with van der Waals surface area (Å²) in [4.78, 5) is 14.6. The summed E-state index contributed by atoms with van der Waals surface area (Å²) in [5.41, 5.74) is 0.874. The van der Waals surface area contributed by atoms with Crippen LogP contribution in [-0.4, -0.2) is 34.9 Å². The molecule has 1 saturated heterocycles. The number of carbonyl (C=O) groups excluding carboxylic acids is 1. The molecule has 1 N–H and O–H groups in total. The van der Waals surface area contributed by atoms with E-state index in [-0.39, 0.29) is 30.8 Å². The van der Waals surface area contributed by atoms with Gasteiger partial charge in [-0.25, -0.2) is 18.0 Å². The molecule has 2 aromatic carbocycles. The maximum atomic E-state index is 14.1. The SMILES string of the molecule is C[C@@H](c1ccc(-c2ccc(F)cc2F)cc1)N1CC[C@](CCO)(C2C=CC(F)=CC2)OC1=O. The average molecular weight is 457 g/mol. The zero-order valence-electron chi connectivity index (χ0n) is 18.3. The van der Waals surface area contributed by atoms with Gasteiger partial charge in [-0.15, -0.1) is 0 Å². The van der Waals surface area contributed by atoms with Crippen molar-refractivity contribution in [2.45, 2.75) is 37.8 Å². The van der Waals surface area contributed by atoms with Gasteiger partial charge in [-0.1, -0.05) is 30.3 Å². The van der Waals surface area contributed by atoms with Crippen LogP contribution in [0.3, 0.4) is 0 Å². The maximum Gasteiger partial charge on any atom is 0.410 e. The highest BCUT2D eigenvalue weighted by Gasteiger charge is 2.46. The zero-order chi connectivity index (χ0) is 23.6. The first-order chi connectivity index (χ1) is 15.8. The summed E-state index contributed by atoms with van der Waals surface area (Å²) in [5, 5.41) is 9.59. The summed E-state index contributed by atoms with van der Waals surface area (Å²) in [6, 6.07) is 10.3. The molecule has 0 bridgehead atoms. The number of aliphatic hydroxyl groups is 1. The number of allylic oxidation sites excluding steroid dienone is 3. The summed E-state index contributed by atoms with van der Waals surface area (Å²) in [5.74, 6) is -1.78. The van der Waals surface area contributed by atoms with Crippen molar-refractivity contribution in [2.75, 3.05) is 13.2 Å². The number of carbonyl (C=O) groups is 1. The van der Waals surface area contributed by atoms with Crippen molar-refractivity contribution in [3.05, 3.63) is 83.7 Å². The first kappa shape index (κ1) is 23.1. The van der Waals surface area contributed by atoms with Gasteiger partial charge in [0.05, 0.1) is 6.04 Å². The molecule has 4 rings (SSSR count). The number of hydrogen-bond donors (Lipinski definition) is 1. The molecule has 0 spiro atoms. The van der Waals surface area contributed by atoms with Crippen molar-refractivity contribution in [3.63, 3.8) is 0 Å². The van der Waals surface area contributed by atoms with E-state index < -0.39 is 23.3 Å². The van der Waals surface area contributed by atoms with E-state index in [2.05, 4.69) is 0 Å². The first-order valence-corrected chi connectivity index (χ1v) is 11.0. The third kappa shape index (κ3) is 4.69. The Morgan fingerprint density at radius 3 is 2.55 bits per heavy atom. The maximum absolute atomic E-state index is 14.1. The molecule has 33 heavy (non-hydrogen) atoms. The predicted octanol–water partition coefficient (Wildman–Crippen LogP) is 6.09. The second-order valence-corrected chi connectivity index (χ2v) is 8.56. The highest BCUT2D eigenvalue weighted by molar-refractivity contribution is 5.70. The Hall–Kier alpha value is -3.06. The number of rotatable bonds is 6. The second-order valence-electron chi connectivity index (χ2n) is 8.56. The Labute approximate surface area is 191 Å². The van der Waals surface area contributed by atoms with E-state index >= 15 is 0 Å². The van der Waals surface area contributed by atoms with Crippen molar-refractivity contribution in [2.24, 2.45) is 5.92 Å². The third-order valence-corrected chi connectivity index (χ3v) is 6.67. The van der Waals surface area contributed by atoms with Gasteiger partial charge < -0.3 is 14.7 Å². The molecule has 1 aliphatic carbocycles. The van der Waals surface area contributed by atoms with Gasteiger partial charge in [-0.3, -0.25) is 0 Å². The summed E-state index contributed by atoms with van der Waals surface area (Å²) in [7, 11) is 0. The molecule has 2 aromatic rings. The molecule has 1 fully saturated rings. The topological polar surface area (TPSA) is 49.8 Å². The molecule has 2 aliphatic rings. The molecule has 1 amide bonds. The highest BCUT2D eigenvalue weighted by atomic mass is 19.1. The van der Waals surface area contributed by atoms with E-state index in [1.54, 1.807) is 23.1 Å². The number of ether oxygens (including phenoxy) is 1. The number of aliphatic hydroxyl groups excluding tert-OH is 1. The van der Waals surface area contributed by atoms with Crippen LogP contribution >= 0.6 is 0 Å². The van der Waals surface area contributed by atoms with Crippen LogP contribution in [0.1, 0.15) is 37.8 Å². The van der Waals surface area contributed by atoms with Gasteiger partial charge in [-0.05, 0) is 48.8 Å². The van der Waals surface area contributed by atoms with Crippen LogP contribution < -0.4 is 0 Å². The molecular formula is C26H26F3NO3. The summed E-state index contributed by atoms with van der Waals surface area (Å²) in [6.07, 6.45) is 5.27. The number of amides is 1. The lowest BCUT2D eigenvalue weighted by Crippen LogP contribution is -2.54. The van der Waals surface area contributed by atoms with E-state index in [1.165, 1.54) is 24.3 Å². The normalized spacial score (nSPS) is 23.8. The van der Waals surface area contributed by atoms with E-state index in [4.69, 9.17) is 4.74 Å². The predicted molar refractivity (Wildman–Crippen MR) is 119 cm³/mol. The van der Waals surface area contributed by atoms with Gasteiger partial charge in [0.1, 0.15) is 23.1 Å². The molecule has 7 heteroatoms. The molecule has 0 aromatic heterocycles. The van der Waals surface area contributed by atoms with Crippen molar-refractivity contribution < 1.29 is 27.8 Å². The lowest BCUT2D eigenvalue weighted by Gasteiger charge is -2.46. The molecule has 3 atom stereocenters. The molecule has 0 radical (unpaired) electrons. The molecule has 1 unspecified atom stereocenters. The molecule has 4 nitrogen and oxygen atoms in total. The van der Waals surface area contributed by atoms with E-state index in [0.717, 1.165) is 11.6 Å². The van der Waals surface area contributed by atoms with Crippen LogP contribution in [0, 0.1) is 17.6 Å². The van der Waals surface area contributed by atoms with Crippen LogP contribution in [0.2, 0.25) is 0 Å². The molecule has 1 aliphatic heterocycles. The number of cyclic esters (lactones) is 1. The van der Waals surface area contributed by atoms with E-state index in [9.17, 15) is 23.1 Å². The Balaban J connectivity index is 1.49. The monoisotopic (exact) mass is 457 g/mol. The number of nitrogens with zero attached hydrogens (tertiary/aromatic N) is 1. The number of benzene rings is 2. The van der Waals surface area contributed by atoms with Gasteiger partial charge in [0.15, 0.2) is 0 Å². The van der Waals surface area contributed by atoms with Gasteiger partial charge in [0, 0.05) is 43.5 Å². The number of halogens is 3. The highest BCUT2D eigenvalue weighted by Crippen LogP contribution is 2.41. The fourth-order valence-corrected chi connectivity index (χ4v) is 4.68. The third-order valence-electron chi connectivity index (χ3n) is 6.67. The lowest BCUT2D eigenvalue weighted by molar-refractivity contribution is -0.0900. The molecule has 0 saturated carbocycles. The second kappa shape index (κ2) is 9.43. The largest absolute Gasteiger partial charge is 0.442 e. The van der Waals surface area contributed by atoms with Gasteiger partial charge in [-0.2, -0.15) is 0 Å². The van der Waals surface area contributed by atoms with Crippen molar-refractivity contribution >= 4 is 6.09 Å².